The van der Waals surface area contributed by atoms with E-state index < -0.39 is 0 Å². The van der Waals surface area contributed by atoms with Crippen molar-refractivity contribution in [3.8, 4) is 17.2 Å². The van der Waals surface area contributed by atoms with E-state index in [9.17, 15) is 0 Å². The van der Waals surface area contributed by atoms with Crippen molar-refractivity contribution in [1.82, 2.24) is 10.2 Å². The Morgan fingerprint density at radius 3 is 2.10 bits per heavy atom. The zero-order valence-electron chi connectivity index (χ0n) is 13.9. The van der Waals surface area contributed by atoms with Gasteiger partial charge in [-0.3, -0.25) is 0 Å². The van der Waals surface area contributed by atoms with Crippen LogP contribution in [0.3, 0.4) is 0 Å². The monoisotopic (exact) mass is 296 g/mol. The molecule has 0 aliphatic rings. The third-order valence-corrected chi connectivity index (χ3v) is 3.31. The van der Waals surface area contributed by atoms with Crippen LogP contribution in [0.5, 0.6) is 17.2 Å². The fraction of sp³-hybridized carbons (Fsp3) is 0.625. The van der Waals surface area contributed by atoms with Crippen molar-refractivity contribution in [2.24, 2.45) is 0 Å². The highest BCUT2D eigenvalue weighted by Crippen LogP contribution is 2.34. The van der Waals surface area contributed by atoms with Gasteiger partial charge in [-0.05, 0) is 46.1 Å². The van der Waals surface area contributed by atoms with Gasteiger partial charge < -0.3 is 24.4 Å². The van der Waals surface area contributed by atoms with Gasteiger partial charge in [-0.25, -0.2) is 0 Å². The molecule has 0 saturated carbocycles. The highest BCUT2D eigenvalue weighted by Gasteiger charge is 2.11. The van der Waals surface area contributed by atoms with Gasteiger partial charge in [0, 0.05) is 18.2 Å². The summed E-state index contributed by atoms with van der Waals surface area (Å²) in [5.41, 5.74) is 1.07. The van der Waals surface area contributed by atoms with Gasteiger partial charge in [-0.1, -0.05) is 0 Å². The van der Waals surface area contributed by atoms with E-state index in [1.165, 1.54) is 6.42 Å². The lowest BCUT2D eigenvalue weighted by Gasteiger charge is -2.15. The van der Waals surface area contributed by atoms with Gasteiger partial charge in [0.2, 0.25) is 0 Å². The van der Waals surface area contributed by atoms with E-state index in [4.69, 9.17) is 14.2 Å². The molecule has 1 N–H and O–H groups in total. The molecule has 0 unspecified atom stereocenters. The number of rotatable bonds is 10. The molecular formula is C16H28N2O3. The summed E-state index contributed by atoms with van der Waals surface area (Å²) in [5, 5.41) is 3.44. The Bertz CT molecular complexity index is 422. The molecule has 0 aliphatic carbocycles. The zero-order valence-corrected chi connectivity index (χ0v) is 13.9. The molecule has 0 fully saturated rings. The summed E-state index contributed by atoms with van der Waals surface area (Å²) in [6.45, 7) is 2.87. The first-order valence-electron chi connectivity index (χ1n) is 7.26. The molecule has 120 valence electrons. The zero-order chi connectivity index (χ0) is 15.7. The van der Waals surface area contributed by atoms with Crippen molar-refractivity contribution < 1.29 is 14.2 Å². The van der Waals surface area contributed by atoms with E-state index >= 15 is 0 Å². The molecule has 0 heterocycles. The molecule has 0 spiro atoms. The molecule has 1 aromatic carbocycles. The average molecular weight is 296 g/mol. The number of ether oxygens (including phenoxy) is 3. The van der Waals surface area contributed by atoms with E-state index in [0.717, 1.165) is 43.1 Å². The number of hydrogen-bond donors (Lipinski definition) is 1. The first kappa shape index (κ1) is 17.6. The SMILES string of the molecule is COc1cc(OC)c(OC)cc1CNCCCCN(C)C. The second kappa shape index (κ2) is 9.47. The standard InChI is InChI=1S/C16H28N2O3/c1-18(2)9-7-6-8-17-12-13-10-15(20-4)16(21-5)11-14(13)19-3/h10-11,17H,6-9,12H2,1-5H3. The molecule has 5 nitrogen and oxygen atoms in total. The third kappa shape index (κ3) is 5.81. The molecule has 0 bridgehead atoms. The summed E-state index contributed by atoms with van der Waals surface area (Å²) in [6, 6.07) is 3.83. The maximum Gasteiger partial charge on any atom is 0.164 e. The molecule has 0 aromatic heterocycles. The Labute approximate surface area is 128 Å². The summed E-state index contributed by atoms with van der Waals surface area (Å²) in [7, 11) is 9.13. The van der Waals surface area contributed by atoms with Crippen LogP contribution < -0.4 is 19.5 Å². The molecule has 21 heavy (non-hydrogen) atoms. The van der Waals surface area contributed by atoms with Gasteiger partial charge in [-0.2, -0.15) is 0 Å². The normalized spacial score (nSPS) is 10.8. The molecule has 0 atom stereocenters. The minimum atomic E-state index is 0.684. The second-order valence-electron chi connectivity index (χ2n) is 5.21. The Balaban J connectivity index is 2.53. The minimum Gasteiger partial charge on any atom is -0.496 e. The Hall–Kier alpha value is -1.46. The van der Waals surface area contributed by atoms with Crippen molar-refractivity contribution in [3.63, 3.8) is 0 Å². The molecule has 5 heteroatoms. The fourth-order valence-electron chi connectivity index (χ4n) is 2.13. The van der Waals surface area contributed by atoms with Crippen molar-refractivity contribution in [1.29, 1.82) is 0 Å². The van der Waals surface area contributed by atoms with Gasteiger partial charge in [0.15, 0.2) is 11.5 Å². The van der Waals surface area contributed by atoms with Crippen LogP contribution in [0.1, 0.15) is 18.4 Å². The highest BCUT2D eigenvalue weighted by molar-refractivity contribution is 5.50. The Morgan fingerprint density at radius 1 is 0.905 bits per heavy atom. The largest absolute Gasteiger partial charge is 0.496 e. The molecular weight excluding hydrogens is 268 g/mol. The number of methoxy groups -OCH3 is 3. The van der Waals surface area contributed by atoms with Gasteiger partial charge in [0.05, 0.1) is 21.3 Å². The fourth-order valence-corrected chi connectivity index (χ4v) is 2.13. The molecule has 1 rings (SSSR count). The molecule has 0 radical (unpaired) electrons. The predicted octanol–water partition coefficient (Wildman–Crippen LogP) is 2.14. The second-order valence-corrected chi connectivity index (χ2v) is 5.21. The lowest BCUT2D eigenvalue weighted by Crippen LogP contribution is -2.18. The quantitative estimate of drug-likeness (QED) is 0.670. The third-order valence-electron chi connectivity index (χ3n) is 3.31. The Morgan fingerprint density at radius 2 is 1.52 bits per heavy atom. The Kier molecular flexibility index (Phi) is 7.93. The van der Waals surface area contributed by atoms with E-state index in [-0.39, 0.29) is 0 Å². The predicted molar refractivity (Wildman–Crippen MR) is 85.6 cm³/mol. The lowest BCUT2D eigenvalue weighted by atomic mass is 10.1. The topological polar surface area (TPSA) is 43.0 Å². The summed E-state index contributed by atoms with van der Waals surface area (Å²) in [4.78, 5) is 2.21. The average Bonchev–Trinajstić information content (AvgIpc) is 2.49. The van der Waals surface area contributed by atoms with E-state index in [1.807, 2.05) is 12.1 Å². The molecule has 0 amide bonds. The number of benzene rings is 1. The maximum absolute atomic E-state index is 5.41. The number of nitrogens with zero attached hydrogens (tertiary/aromatic N) is 1. The summed E-state index contributed by atoms with van der Waals surface area (Å²) in [5.74, 6) is 2.22. The van der Waals surface area contributed by atoms with Gasteiger partial charge >= 0.3 is 0 Å². The van der Waals surface area contributed by atoms with Crippen LogP contribution in [0.15, 0.2) is 12.1 Å². The smallest absolute Gasteiger partial charge is 0.164 e. The summed E-state index contributed by atoms with van der Waals surface area (Å²) >= 11 is 0. The van der Waals surface area contributed by atoms with Crippen LogP contribution in [0.25, 0.3) is 0 Å². The summed E-state index contributed by atoms with van der Waals surface area (Å²) < 4.78 is 16.0. The lowest BCUT2D eigenvalue weighted by molar-refractivity contribution is 0.347. The number of nitrogens with one attached hydrogen (secondary N) is 1. The van der Waals surface area contributed by atoms with Crippen LogP contribution >= 0.6 is 0 Å². The molecule has 1 aromatic rings. The van der Waals surface area contributed by atoms with Crippen LogP contribution in [0, 0.1) is 0 Å². The van der Waals surface area contributed by atoms with E-state index in [0.29, 0.717) is 5.75 Å². The molecule has 0 aliphatic heterocycles. The van der Waals surface area contributed by atoms with Gasteiger partial charge in [-0.15, -0.1) is 0 Å². The van der Waals surface area contributed by atoms with Gasteiger partial charge in [0.1, 0.15) is 5.75 Å². The first-order chi connectivity index (χ1) is 10.1. The van der Waals surface area contributed by atoms with Crippen LogP contribution in [-0.4, -0.2) is 53.4 Å². The molecule has 0 saturated heterocycles. The van der Waals surface area contributed by atoms with Crippen molar-refractivity contribution >= 4 is 0 Å². The highest BCUT2D eigenvalue weighted by atomic mass is 16.5. The minimum absolute atomic E-state index is 0.684. The number of unbranched alkanes of at least 4 members (excludes halogenated alkanes) is 1. The van der Waals surface area contributed by atoms with Crippen LogP contribution in [-0.2, 0) is 6.54 Å². The van der Waals surface area contributed by atoms with Crippen molar-refractivity contribution in [2.45, 2.75) is 19.4 Å². The maximum atomic E-state index is 5.41. The number of hydrogen-bond acceptors (Lipinski definition) is 5. The summed E-state index contributed by atoms with van der Waals surface area (Å²) in [6.07, 6.45) is 2.36. The first-order valence-corrected chi connectivity index (χ1v) is 7.26. The van der Waals surface area contributed by atoms with Crippen molar-refractivity contribution in [2.75, 3.05) is 48.5 Å². The van der Waals surface area contributed by atoms with Crippen LogP contribution in [0.2, 0.25) is 0 Å². The van der Waals surface area contributed by atoms with E-state index in [1.54, 1.807) is 21.3 Å². The van der Waals surface area contributed by atoms with Crippen molar-refractivity contribution in [3.05, 3.63) is 17.7 Å². The van der Waals surface area contributed by atoms with Crippen LogP contribution in [0.4, 0.5) is 0 Å². The van der Waals surface area contributed by atoms with E-state index in [2.05, 4.69) is 24.3 Å². The van der Waals surface area contributed by atoms with Gasteiger partial charge in [0.25, 0.3) is 0 Å².